The molecule has 0 amide bonds. The maximum absolute atomic E-state index is 6.13. The Balaban J connectivity index is 2.00. The van der Waals surface area contributed by atoms with Crippen LogP contribution in [0.3, 0.4) is 0 Å². The Bertz CT molecular complexity index is 735. The summed E-state index contributed by atoms with van der Waals surface area (Å²) in [4.78, 5) is 6.88. The summed E-state index contributed by atoms with van der Waals surface area (Å²) in [6.07, 6.45) is 0. The Morgan fingerprint density at radius 2 is 2.30 bits per heavy atom. The van der Waals surface area contributed by atoms with Crippen molar-refractivity contribution in [2.24, 2.45) is 5.73 Å². The van der Waals surface area contributed by atoms with Crippen molar-refractivity contribution in [2.45, 2.75) is 20.0 Å². The second-order valence-corrected chi connectivity index (χ2v) is 6.98. The van der Waals surface area contributed by atoms with E-state index in [9.17, 15) is 0 Å². The number of nitrogens with two attached hydrogens (primary N) is 1. The summed E-state index contributed by atoms with van der Waals surface area (Å²) in [5, 5.41) is 6.04. The number of nitrogens with zero attached hydrogens (tertiary/aromatic N) is 1. The van der Waals surface area contributed by atoms with Gasteiger partial charge in [0.1, 0.15) is 5.15 Å². The smallest absolute Gasteiger partial charge is 0.131 e. The fraction of sp³-hybridized carbons (Fsp3) is 0.214. The first-order chi connectivity index (χ1) is 9.69. The molecule has 3 rings (SSSR count). The van der Waals surface area contributed by atoms with Crippen molar-refractivity contribution in [1.29, 1.82) is 0 Å². The van der Waals surface area contributed by atoms with E-state index >= 15 is 0 Å². The van der Waals surface area contributed by atoms with Gasteiger partial charge in [-0.25, -0.2) is 4.98 Å². The molecule has 3 aromatic rings. The van der Waals surface area contributed by atoms with Gasteiger partial charge in [-0.05, 0) is 23.9 Å². The summed E-state index contributed by atoms with van der Waals surface area (Å²) < 4.78 is 1.13. The van der Waals surface area contributed by atoms with Crippen molar-refractivity contribution < 1.29 is 0 Å². The first kappa shape index (κ1) is 13.8. The van der Waals surface area contributed by atoms with Gasteiger partial charge in [0.05, 0.1) is 15.9 Å². The van der Waals surface area contributed by atoms with Gasteiger partial charge in [0.2, 0.25) is 0 Å². The van der Waals surface area contributed by atoms with E-state index in [1.807, 2.05) is 13.0 Å². The van der Waals surface area contributed by atoms with E-state index in [0.29, 0.717) is 11.7 Å². The summed E-state index contributed by atoms with van der Waals surface area (Å²) in [7, 11) is 0. The third kappa shape index (κ3) is 2.54. The third-order valence-corrected chi connectivity index (χ3v) is 5.57. The van der Waals surface area contributed by atoms with Crippen LogP contribution in [0.25, 0.3) is 10.2 Å². The quantitative estimate of drug-likeness (QED) is 0.700. The van der Waals surface area contributed by atoms with Crippen LogP contribution in [0, 0.1) is 6.92 Å². The van der Waals surface area contributed by atoms with Crippen molar-refractivity contribution in [3.8, 4) is 0 Å². The van der Waals surface area contributed by atoms with Crippen LogP contribution >= 0.6 is 34.3 Å². The van der Waals surface area contributed by atoms with Crippen LogP contribution in [-0.2, 0) is 13.1 Å². The fourth-order valence-corrected chi connectivity index (χ4v) is 4.07. The number of nitrogens with one attached hydrogen (secondary N) is 1. The predicted octanol–water partition coefficient (Wildman–Crippen LogP) is 4.39. The normalized spacial score (nSPS) is 11.2. The van der Waals surface area contributed by atoms with E-state index in [-0.39, 0.29) is 0 Å². The zero-order valence-electron chi connectivity index (χ0n) is 10.9. The van der Waals surface area contributed by atoms with Crippen LogP contribution in [0.15, 0.2) is 23.6 Å². The number of pyridine rings is 1. The molecule has 20 heavy (non-hydrogen) atoms. The summed E-state index contributed by atoms with van der Waals surface area (Å²) in [5.74, 6) is 0. The Labute approximate surface area is 130 Å². The van der Waals surface area contributed by atoms with Gasteiger partial charge in [-0.3, -0.25) is 0 Å². The zero-order chi connectivity index (χ0) is 14.1. The molecule has 0 radical (unpaired) electrons. The van der Waals surface area contributed by atoms with Crippen LogP contribution in [0.4, 0.5) is 5.69 Å². The Hall–Kier alpha value is -1.14. The molecule has 0 fully saturated rings. The number of hydrogen-bond acceptors (Lipinski definition) is 5. The summed E-state index contributed by atoms with van der Waals surface area (Å²) in [5.41, 5.74) is 8.90. The van der Waals surface area contributed by atoms with Crippen molar-refractivity contribution in [2.75, 3.05) is 5.32 Å². The van der Waals surface area contributed by atoms with Gasteiger partial charge in [0.15, 0.2) is 0 Å². The molecule has 0 aromatic carbocycles. The molecule has 0 aliphatic heterocycles. The van der Waals surface area contributed by atoms with E-state index in [4.69, 9.17) is 17.3 Å². The molecule has 3 nitrogen and oxygen atoms in total. The Kier molecular flexibility index (Phi) is 3.94. The number of halogens is 1. The molecule has 0 aliphatic rings. The maximum atomic E-state index is 6.13. The minimum atomic E-state index is 0.510. The maximum Gasteiger partial charge on any atom is 0.131 e. The molecule has 3 heterocycles. The predicted molar refractivity (Wildman–Crippen MR) is 88.9 cm³/mol. The second-order valence-electron chi connectivity index (χ2n) is 4.46. The van der Waals surface area contributed by atoms with Crippen molar-refractivity contribution in [3.63, 3.8) is 0 Å². The monoisotopic (exact) mass is 323 g/mol. The second kappa shape index (κ2) is 5.69. The average molecular weight is 324 g/mol. The van der Waals surface area contributed by atoms with Crippen LogP contribution in [0.5, 0.6) is 0 Å². The van der Waals surface area contributed by atoms with Crippen molar-refractivity contribution in [3.05, 3.63) is 44.1 Å². The molecular formula is C14H14ClN3S2. The summed E-state index contributed by atoms with van der Waals surface area (Å²) in [6.45, 7) is 3.38. The zero-order valence-corrected chi connectivity index (χ0v) is 13.3. The van der Waals surface area contributed by atoms with Crippen LogP contribution in [0.1, 0.15) is 15.3 Å². The van der Waals surface area contributed by atoms with Gasteiger partial charge in [-0.2, -0.15) is 0 Å². The van der Waals surface area contributed by atoms with Crippen molar-refractivity contribution in [1.82, 2.24) is 4.98 Å². The van der Waals surface area contributed by atoms with Crippen LogP contribution in [-0.4, -0.2) is 4.98 Å². The Morgan fingerprint density at radius 3 is 3.00 bits per heavy atom. The summed E-state index contributed by atoms with van der Waals surface area (Å²) >= 11 is 9.56. The van der Waals surface area contributed by atoms with Gasteiger partial charge in [-0.1, -0.05) is 17.7 Å². The average Bonchev–Trinajstić information content (AvgIpc) is 3.05. The fourth-order valence-electron chi connectivity index (χ4n) is 2.11. The van der Waals surface area contributed by atoms with Gasteiger partial charge >= 0.3 is 0 Å². The number of rotatable bonds is 4. The van der Waals surface area contributed by atoms with Gasteiger partial charge in [0.25, 0.3) is 0 Å². The van der Waals surface area contributed by atoms with E-state index in [0.717, 1.165) is 32.9 Å². The molecule has 3 N–H and O–H groups in total. The SMILES string of the molecule is Cc1c(CN)sc2c(NCc3cccs3)cc(Cl)nc12. The number of hydrogen-bond donors (Lipinski definition) is 2. The van der Waals surface area contributed by atoms with Crippen LogP contribution < -0.4 is 11.1 Å². The van der Waals surface area contributed by atoms with Crippen molar-refractivity contribution >= 4 is 50.2 Å². The summed E-state index contributed by atoms with van der Waals surface area (Å²) in [6, 6.07) is 6.05. The molecule has 6 heteroatoms. The largest absolute Gasteiger partial charge is 0.379 e. The number of thiophene rings is 2. The first-order valence-corrected chi connectivity index (χ1v) is 8.31. The van der Waals surface area contributed by atoms with Crippen LogP contribution in [0.2, 0.25) is 5.15 Å². The Morgan fingerprint density at radius 1 is 1.45 bits per heavy atom. The first-order valence-electron chi connectivity index (χ1n) is 6.24. The lowest BCUT2D eigenvalue weighted by atomic mass is 10.2. The lowest BCUT2D eigenvalue weighted by molar-refractivity contribution is 1.09. The molecule has 0 unspecified atom stereocenters. The molecule has 104 valence electrons. The lowest BCUT2D eigenvalue weighted by Crippen LogP contribution is -1.98. The minimum Gasteiger partial charge on any atom is -0.379 e. The van der Waals surface area contributed by atoms with E-state index in [1.54, 1.807) is 22.7 Å². The minimum absolute atomic E-state index is 0.510. The molecule has 0 saturated carbocycles. The molecule has 0 bridgehead atoms. The van der Waals surface area contributed by atoms with E-state index in [1.165, 1.54) is 4.88 Å². The number of aromatic nitrogens is 1. The van der Waals surface area contributed by atoms with E-state index in [2.05, 4.69) is 27.8 Å². The topological polar surface area (TPSA) is 50.9 Å². The number of fused-ring (bicyclic) bond motifs is 1. The highest BCUT2D eigenvalue weighted by atomic mass is 35.5. The number of aryl methyl sites for hydroxylation is 1. The molecule has 3 aromatic heterocycles. The number of anilines is 1. The third-order valence-electron chi connectivity index (χ3n) is 3.16. The lowest BCUT2D eigenvalue weighted by Gasteiger charge is -2.06. The molecule has 0 aliphatic carbocycles. The molecule has 0 atom stereocenters. The highest BCUT2D eigenvalue weighted by Crippen LogP contribution is 2.36. The van der Waals surface area contributed by atoms with Gasteiger partial charge in [0, 0.05) is 28.9 Å². The molecular weight excluding hydrogens is 310 g/mol. The standard InChI is InChI=1S/C14H14ClN3S2/c1-8-11(6-16)20-14-10(5-12(15)18-13(8)14)17-7-9-3-2-4-19-9/h2-5H,6-7,16H2,1H3,(H,17,18). The van der Waals surface area contributed by atoms with Gasteiger partial charge in [-0.15, -0.1) is 22.7 Å². The highest BCUT2D eigenvalue weighted by Gasteiger charge is 2.13. The van der Waals surface area contributed by atoms with E-state index < -0.39 is 0 Å². The molecule has 0 spiro atoms. The highest BCUT2D eigenvalue weighted by molar-refractivity contribution is 7.19. The molecule has 0 saturated heterocycles. The van der Waals surface area contributed by atoms with Gasteiger partial charge < -0.3 is 11.1 Å².